The molecule has 1 saturated heterocycles. The molecule has 0 aromatic heterocycles. The predicted molar refractivity (Wildman–Crippen MR) is 118 cm³/mol. The number of hydrogen-bond acceptors (Lipinski definition) is 3. The summed E-state index contributed by atoms with van der Waals surface area (Å²) in [5.74, 6) is -2.51. The van der Waals surface area contributed by atoms with E-state index in [1.165, 1.54) is 23.1 Å². The highest BCUT2D eigenvalue weighted by Gasteiger charge is 2.59. The molecule has 2 aromatic carbocycles. The number of alkyl halides is 1. The van der Waals surface area contributed by atoms with Crippen molar-refractivity contribution >= 4 is 15.9 Å². The van der Waals surface area contributed by atoms with Crippen molar-refractivity contribution in [3.05, 3.63) is 59.7 Å². The average Bonchev–Trinajstić information content (AvgIpc) is 3.39. The molecular weight excluding hydrogens is 453 g/mol. The van der Waals surface area contributed by atoms with Crippen molar-refractivity contribution in [3.8, 4) is 11.1 Å². The number of benzene rings is 2. The lowest BCUT2D eigenvalue weighted by molar-refractivity contribution is -0.132. The summed E-state index contributed by atoms with van der Waals surface area (Å²) in [7, 11) is -3.56. The van der Waals surface area contributed by atoms with E-state index in [1.807, 2.05) is 0 Å². The number of fused-ring (bicyclic) bond motifs is 1. The molecule has 1 heterocycles. The van der Waals surface area contributed by atoms with E-state index >= 15 is 4.39 Å². The van der Waals surface area contributed by atoms with E-state index in [4.69, 9.17) is 0 Å². The largest absolute Gasteiger partial charge is 0.339 e. The van der Waals surface area contributed by atoms with Crippen LogP contribution < -0.4 is 4.72 Å². The van der Waals surface area contributed by atoms with Crippen LogP contribution in [0.4, 0.5) is 13.2 Å². The molecule has 1 amide bonds. The number of halogens is 3. The summed E-state index contributed by atoms with van der Waals surface area (Å²) in [6.07, 6.45) is 2.45. The summed E-state index contributed by atoms with van der Waals surface area (Å²) < 4.78 is 70.3. The lowest BCUT2D eigenvalue weighted by Gasteiger charge is -2.27. The van der Waals surface area contributed by atoms with Crippen LogP contribution in [0.5, 0.6) is 0 Å². The van der Waals surface area contributed by atoms with Gasteiger partial charge in [0.05, 0.1) is 24.4 Å². The van der Waals surface area contributed by atoms with Crippen molar-refractivity contribution < 1.29 is 26.4 Å². The smallest absolute Gasteiger partial charge is 0.226 e. The van der Waals surface area contributed by atoms with E-state index in [0.717, 1.165) is 6.26 Å². The Morgan fingerprint density at radius 1 is 1.09 bits per heavy atom. The Balaban J connectivity index is 1.34. The normalized spacial score (nSPS) is 31.0. The molecule has 1 N–H and O–H groups in total. The molecule has 33 heavy (non-hydrogen) atoms. The molecule has 0 spiro atoms. The van der Waals surface area contributed by atoms with Crippen LogP contribution in [0.15, 0.2) is 42.5 Å². The van der Waals surface area contributed by atoms with Gasteiger partial charge < -0.3 is 4.90 Å². The number of rotatable bonds is 5. The monoisotopic (exact) mass is 478 g/mol. The number of carbonyl (C=O) groups excluding carboxylic acids is 1. The number of likely N-dealkylation sites (tertiary alicyclic amines) is 1. The lowest BCUT2D eigenvalue weighted by Crippen LogP contribution is -2.50. The molecule has 2 saturated carbocycles. The van der Waals surface area contributed by atoms with Gasteiger partial charge in [-0.25, -0.2) is 26.3 Å². The number of sulfonamides is 1. The van der Waals surface area contributed by atoms with Gasteiger partial charge in [0, 0.05) is 18.4 Å². The fourth-order valence-corrected chi connectivity index (χ4v) is 6.50. The number of nitrogens with zero attached hydrogens (tertiary/aromatic N) is 1. The second-order valence-electron chi connectivity index (χ2n) is 9.49. The molecule has 9 heteroatoms. The van der Waals surface area contributed by atoms with E-state index in [-0.39, 0.29) is 36.4 Å². The Bertz CT molecular complexity index is 1200. The van der Waals surface area contributed by atoms with Crippen LogP contribution in [-0.2, 0) is 14.8 Å². The van der Waals surface area contributed by atoms with Crippen molar-refractivity contribution in [1.82, 2.24) is 9.62 Å². The van der Waals surface area contributed by atoms with Crippen molar-refractivity contribution in [3.63, 3.8) is 0 Å². The molecule has 3 aliphatic rings. The van der Waals surface area contributed by atoms with Crippen LogP contribution in [-0.4, -0.2) is 50.3 Å². The van der Waals surface area contributed by atoms with E-state index in [2.05, 4.69) is 4.72 Å². The Labute approximate surface area is 191 Å². The molecule has 1 aliphatic heterocycles. The summed E-state index contributed by atoms with van der Waals surface area (Å²) in [5.41, 5.74) is -0.770. The summed E-state index contributed by atoms with van der Waals surface area (Å²) in [6, 6.07) is 9.78. The van der Waals surface area contributed by atoms with Gasteiger partial charge in [-0.1, -0.05) is 30.3 Å². The summed E-state index contributed by atoms with van der Waals surface area (Å²) in [5, 5.41) is 0. The zero-order chi connectivity index (χ0) is 23.5. The van der Waals surface area contributed by atoms with Crippen LogP contribution in [0, 0.1) is 23.5 Å². The van der Waals surface area contributed by atoms with Crippen LogP contribution in [0.25, 0.3) is 11.1 Å². The highest BCUT2D eigenvalue weighted by atomic mass is 32.2. The van der Waals surface area contributed by atoms with Crippen molar-refractivity contribution in [2.75, 3.05) is 19.3 Å². The molecule has 0 radical (unpaired) electrons. The molecule has 5 nitrogen and oxygen atoms in total. The van der Waals surface area contributed by atoms with E-state index < -0.39 is 39.3 Å². The third-order valence-electron chi connectivity index (χ3n) is 7.30. The van der Waals surface area contributed by atoms with Crippen molar-refractivity contribution in [2.24, 2.45) is 11.8 Å². The minimum atomic E-state index is -3.56. The minimum absolute atomic E-state index is 0.112. The average molecular weight is 479 g/mol. The maximum atomic E-state index is 15.8. The zero-order valence-electron chi connectivity index (χ0n) is 18.1. The van der Waals surface area contributed by atoms with Gasteiger partial charge in [-0.3, -0.25) is 4.79 Å². The first-order valence-electron chi connectivity index (χ1n) is 11.1. The Kier molecular flexibility index (Phi) is 5.32. The van der Waals surface area contributed by atoms with Gasteiger partial charge >= 0.3 is 0 Å². The van der Waals surface area contributed by atoms with Gasteiger partial charge in [0.1, 0.15) is 17.3 Å². The third kappa shape index (κ3) is 3.95. The maximum Gasteiger partial charge on any atom is 0.226 e. The number of hydrogen-bond donors (Lipinski definition) is 1. The number of carbonyl (C=O) groups is 1. The molecule has 5 atom stereocenters. The molecule has 2 aliphatic carbocycles. The first kappa shape index (κ1) is 22.4. The van der Waals surface area contributed by atoms with Gasteiger partial charge in [-0.2, -0.15) is 0 Å². The molecule has 3 unspecified atom stereocenters. The number of amides is 1. The molecule has 5 rings (SSSR count). The summed E-state index contributed by atoms with van der Waals surface area (Å²) >= 11 is 0. The second-order valence-corrected chi connectivity index (χ2v) is 11.3. The van der Waals surface area contributed by atoms with Gasteiger partial charge in [0.25, 0.3) is 0 Å². The van der Waals surface area contributed by atoms with Crippen LogP contribution >= 0.6 is 0 Å². The summed E-state index contributed by atoms with van der Waals surface area (Å²) in [4.78, 5) is 14.7. The summed E-state index contributed by atoms with van der Waals surface area (Å²) in [6.45, 7) is 0.112. The molecule has 176 valence electrons. The first-order chi connectivity index (χ1) is 15.6. The van der Waals surface area contributed by atoms with E-state index in [1.54, 1.807) is 24.3 Å². The van der Waals surface area contributed by atoms with Gasteiger partial charge in [0.2, 0.25) is 15.9 Å². The van der Waals surface area contributed by atoms with Crippen molar-refractivity contribution in [1.29, 1.82) is 0 Å². The Morgan fingerprint density at radius 3 is 2.48 bits per heavy atom. The lowest BCUT2D eigenvalue weighted by atomic mass is 9.94. The quantitative estimate of drug-likeness (QED) is 0.714. The predicted octanol–water partition coefficient (Wildman–Crippen LogP) is 3.61. The van der Waals surface area contributed by atoms with Crippen LogP contribution in [0.2, 0.25) is 0 Å². The van der Waals surface area contributed by atoms with Crippen LogP contribution in [0.1, 0.15) is 30.7 Å². The fourth-order valence-electron chi connectivity index (χ4n) is 5.67. The van der Waals surface area contributed by atoms with Crippen LogP contribution in [0.3, 0.4) is 0 Å². The van der Waals surface area contributed by atoms with Gasteiger partial charge in [-0.05, 0) is 48.4 Å². The van der Waals surface area contributed by atoms with Gasteiger partial charge in [0.15, 0.2) is 0 Å². The van der Waals surface area contributed by atoms with Crippen molar-refractivity contribution in [2.45, 2.75) is 36.9 Å². The van der Waals surface area contributed by atoms with E-state index in [9.17, 15) is 22.0 Å². The standard InChI is InChI=1S/C24H25F3N2O3S/c1-33(31,32)28-21-10-9-14-12-29(13-24(14,21)27)23(30)18-11-17(18)15-5-2-3-6-16(15)22-19(25)7-4-8-20(22)26/h2-8,14,17-18,21,28H,9-13H2,1H3/t14?,17-,18+,21?,24?/m0/s1. The Hall–Kier alpha value is -2.39. The molecular formula is C24H25F3N2O3S. The molecule has 3 fully saturated rings. The SMILES string of the molecule is CS(=O)(=O)NC1CCC2CN(C(=O)[C@@H]3C[C@H]3c3ccccc3-c3c(F)cccc3F)CC21F. The zero-order valence-corrected chi connectivity index (χ0v) is 18.9. The molecule has 2 aromatic rings. The second kappa shape index (κ2) is 7.84. The fraction of sp³-hybridized carbons (Fsp3) is 0.458. The minimum Gasteiger partial charge on any atom is -0.339 e. The maximum absolute atomic E-state index is 15.8. The highest BCUT2D eigenvalue weighted by Crippen LogP contribution is 2.53. The first-order valence-corrected chi connectivity index (χ1v) is 13.0. The number of nitrogens with one attached hydrogen (secondary N) is 1. The third-order valence-corrected chi connectivity index (χ3v) is 8.02. The molecule has 0 bridgehead atoms. The van der Waals surface area contributed by atoms with E-state index in [0.29, 0.717) is 30.4 Å². The topological polar surface area (TPSA) is 66.5 Å². The Morgan fingerprint density at radius 2 is 1.79 bits per heavy atom. The highest BCUT2D eigenvalue weighted by molar-refractivity contribution is 7.88. The van der Waals surface area contributed by atoms with Gasteiger partial charge in [-0.15, -0.1) is 0 Å².